The van der Waals surface area contributed by atoms with Gasteiger partial charge in [0.25, 0.3) is 0 Å². The van der Waals surface area contributed by atoms with Crippen LogP contribution in [0.1, 0.15) is 43.9 Å². The van der Waals surface area contributed by atoms with Crippen LogP contribution in [0, 0.1) is 5.82 Å². The first-order valence-corrected chi connectivity index (χ1v) is 10.1. The molecule has 1 heterocycles. The highest BCUT2D eigenvalue weighted by Crippen LogP contribution is 2.29. The molecule has 5 nitrogen and oxygen atoms in total. The van der Waals surface area contributed by atoms with Gasteiger partial charge in [-0.15, -0.1) is 0 Å². The van der Waals surface area contributed by atoms with Crippen molar-refractivity contribution in [1.29, 1.82) is 0 Å². The lowest BCUT2D eigenvalue weighted by atomic mass is 10.0. The van der Waals surface area contributed by atoms with Gasteiger partial charge in [-0.25, -0.2) is 9.18 Å². The van der Waals surface area contributed by atoms with Crippen molar-refractivity contribution in [2.24, 2.45) is 5.16 Å². The van der Waals surface area contributed by atoms with Gasteiger partial charge in [0.2, 0.25) is 0 Å². The highest BCUT2D eigenvalue weighted by atomic mass is 19.4. The van der Waals surface area contributed by atoms with E-state index in [1.165, 1.54) is 29.2 Å². The number of carbonyl (C=O) groups excluding carboxylic acids is 1. The van der Waals surface area contributed by atoms with E-state index < -0.39 is 23.4 Å². The summed E-state index contributed by atoms with van der Waals surface area (Å²) in [5.74, 6) is -0.355. The van der Waals surface area contributed by atoms with Gasteiger partial charge in [-0.05, 0) is 56.2 Å². The Balaban J connectivity index is 1.71. The molecule has 0 aliphatic carbocycles. The SMILES string of the molecule is CC(C)(C)NC(=O)N(Cc1ccc(C(F)(F)F)cc1)C[C@H]1CC(c2ccc(F)cc2)=NO1. The first kappa shape index (κ1) is 23.6. The van der Waals surface area contributed by atoms with E-state index in [1.807, 2.05) is 20.8 Å². The molecule has 0 saturated heterocycles. The molecule has 0 saturated carbocycles. The fourth-order valence-corrected chi connectivity index (χ4v) is 3.22. The van der Waals surface area contributed by atoms with E-state index in [0.29, 0.717) is 17.7 Å². The minimum absolute atomic E-state index is 0.103. The number of halogens is 4. The Morgan fingerprint density at radius 2 is 1.72 bits per heavy atom. The number of amides is 2. The van der Waals surface area contributed by atoms with E-state index in [9.17, 15) is 22.4 Å². The maximum absolute atomic E-state index is 13.2. The number of rotatable bonds is 5. The molecular weight excluding hydrogens is 426 g/mol. The van der Waals surface area contributed by atoms with E-state index in [4.69, 9.17) is 4.84 Å². The van der Waals surface area contributed by atoms with E-state index in [2.05, 4.69) is 10.5 Å². The van der Waals surface area contributed by atoms with Crippen molar-refractivity contribution in [3.8, 4) is 0 Å². The van der Waals surface area contributed by atoms with Crippen LogP contribution in [-0.2, 0) is 17.6 Å². The Morgan fingerprint density at radius 1 is 1.09 bits per heavy atom. The summed E-state index contributed by atoms with van der Waals surface area (Å²) >= 11 is 0. The van der Waals surface area contributed by atoms with Gasteiger partial charge in [-0.2, -0.15) is 13.2 Å². The predicted molar refractivity (Wildman–Crippen MR) is 113 cm³/mol. The summed E-state index contributed by atoms with van der Waals surface area (Å²) in [6.07, 6.45) is -4.44. The fraction of sp³-hybridized carbons (Fsp3) is 0.391. The third kappa shape index (κ3) is 6.45. The van der Waals surface area contributed by atoms with Crippen molar-refractivity contribution >= 4 is 11.7 Å². The summed E-state index contributed by atoms with van der Waals surface area (Å²) in [5, 5.41) is 6.93. The zero-order valence-electron chi connectivity index (χ0n) is 18.0. The molecule has 32 heavy (non-hydrogen) atoms. The topological polar surface area (TPSA) is 53.9 Å². The number of benzene rings is 2. The van der Waals surface area contributed by atoms with Crippen molar-refractivity contribution in [1.82, 2.24) is 10.2 Å². The molecule has 0 unspecified atom stereocenters. The van der Waals surface area contributed by atoms with Crippen LogP contribution < -0.4 is 5.32 Å². The molecule has 1 N–H and O–H groups in total. The number of carbonyl (C=O) groups is 1. The molecule has 1 atom stereocenters. The minimum Gasteiger partial charge on any atom is -0.390 e. The Hall–Kier alpha value is -3.10. The van der Waals surface area contributed by atoms with Crippen LogP contribution in [0.3, 0.4) is 0 Å². The van der Waals surface area contributed by atoms with Crippen LogP contribution in [0.25, 0.3) is 0 Å². The number of nitrogens with zero attached hydrogens (tertiary/aromatic N) is 2. The summed E-state index contributed by atoms with van der Waals surface area (Å²) in [4.78, 5) is 19.8. The second kappa shape index (κ2) is 9.18. The molecular formula is C23H25F4N3O2. The normalized spacial score (nSPS) is 16.3. The Morgan fingerprint density at radius 3 is 2.28 bits per heavy atom. The van der Waals surface area contributed by atoms with E-state index >= 15 is 0 Å². The highest BCUT2D eigenvalue weighted by molar-refractivity contribution is 6.01. The van der Waals surface area contributed by atoms with Crippen LogP contribution >= 0.6 is 0 Å². The number of hydrogen-bond acceptors (Lipinski definition) is 3. The van der Waals surface area contributed by atoms with Crippen LogP contribution in [0.5, 0.6) is 0 Å². The van der Waals surface area contributed by atoms with E-state index in [0.717, 1.165) is 17.7 Å². The third-order valence-electron chi connectivity index (χ3n) is 4.76. The van der Waals surface area contributed by atoms with Crippen molar-refractivity contribution in [3.05, 3.63) is 71.0 Å². The highest BCUT2D eigenvalue weighted by Gasteiger charge is 2.31. The first-order valence-electron chi connectivity index (χ1n) is 10.1. The number of hydrogen-bond donors (Lipinski definition) is 1. The summed E-state index contributed by atoms with van der Waals surface area (Å²) in [7, 11) is 0. The van der Waals surface area contributed by atoms with Gasteiger partial charge in [0.05, 0.1) is 17.8 Å². The lowest BCUT2D eigenvalue weighted by molar-refractivity contribution is -0.137. The number of urea groups is 1. The molecule has 3 rings (SSSR count). The van der Waals surface area contributed by atoms with Gasteiger partial charge in [0, 0.05) is 18.5 Å². The van der Waals surface area contributed by atoms with Crippen molar-refractivity contribution in [3.63, 3.8) is 0 Å². The molecule has 0 fully saturated rings. The second-order valence-electron chi connectivity index (χ2n) is 8.73. The van der Waals surface area contributed by atoms with Crippen molar-refractivity contribution in [2.75, 3.05) is 6.54 Å². The molecule has 9 heteroatoms. The molecule has 2 aromatic carbocycles. The van der Waals surface area contributed by atoms with Gasteiger partial charge in [0.1, 0.15) is 5.82 Å². The van der Waals surface area contributed by atoms with Gasteiger partial charge in [0.15, 0.2) is 6.10 Å². The average Bonchev–Trinajstić information content (AvgIpc) is 3.15. The Bertz CT molecular complexity index is 965. The van der Waals surface area contributed by atoms with Crippen LogP contribution in [0.4, 0.5) is 22.4 Å². The molecule has 0 spiro atoms. The summed E-state index contributed by atoms with van der Waals surface area (Å²) in [6, 6.07) is 10.2. The Kier molecular flexibility index (Phi) is 6.76. The Labute approximate surface area is 184 Å². The second-order valence-corrected chi connectivity index (χ2v) is 8.73. The fourth-order valence-electron chi connectivity index (χ4n) is 3.22. The standard InChI is InChI=1S/C23H25F4N3O2/c1-22(2,3)28-21(31)30(13-15-4-8-17(9-5-15)23(25,26)27)14-19-12-20(29-32-19)16-6-10-18(24)11-7-16/h4-11,19H,12-14H2,1-3H3,(H,28,31)/t19-/m1/s1. The lowest BCUT2D eigenvalue weighted by Crippen LogP contribution is -2.50. The predicted octanol–water partition coefficient (Wildman–Crippen LogP) is 5.35. The quantitative estimate of drug-likeness (QED) is 0.624. The largest absolute Gasteiger partial charge is 0.416 e. The third-order valence-corrected chi connectivity index (χ3v) is 4.76. The lowest BCUT2D eigenvalue weighted by Gasteiger charge is -2.29. The monoisotopic (exact) mass is 451 g/mol. The zero-order chi connectivity index (χ0) is 23.5. The summed E-state index contributed by atoms with van der Waals surface area (Å²) < 4.78 is 51.7. The molecule has 0 aromatic heterocycles. The van der Waals surface area contributed by atoms with Gasteiger partial charge in [-0.3, -0.25) is 0 Å². The molecule has 172 valence electrons. The van der Waals surface area contributed by atoms with E-state index in [1.54, 1.807) is 12.1 Å². The van der Waals surface area contributed by atoms with E-state index in [-0.39, 0.29) is 24.9 Å². The smallest absolute Gasteiger partial charge is 0.390 e. The number of alkyl halides is 3. The van der Waals surface area contributed by atoms with Crippen molar-refractivity contribution < 1.29 is 27.2 Å². The van der Waals surface area contributed by atoms with Gasteiger partial charge < -0.3 is 15.1 Å². The molecule has 2 aromatic rings. The maximum Gasteiger partial charge on any atom is 0.416 e. The molecule has 1 aliphatic heterocycles. The first-order chi connectivity index (χ1) is 14.9. The number of oxime groups is 1. The molecule has 1 aliphatic rings. The summed E-state index contributed by atoms with van der Waals surface area (Å²) in [5.41, 5.74) is 0.674. The van der Waals surface area contributed by atoms with Crippen LogP contribution in [0.2, 0.25) is 0 Å². The van der Waals surface area contributed by atoms with Crippen LogP contribution in [0.15, 0.2) is 53.7 Å². The van der Waals surface area contributed by atoms with Crippen LogP contribution in [-0.4, -0.2) is 34.8 Å². The van der Waals surface area contributed by atoms with Gasteiger partial charge in [-0.1, -0.05) is 29.4 Å². The maximum atomic E-state index is 13.2. The molecule has 2 amide bonds. The summed E-state index contributed by atoms with van der Waals surface area (Å²) in [6.45, 7) is 5.79. The zero-order valence-corrected chi connectivity index (χ0v) is 18.0. The molecule has 0 radical (unpaired) electrons. The number of nitrogens with one attached hydrogen (secondary N) is 1. The van der Waals surface area contributed by atoms with Crippen molar-refractivity contribution in [2.45, 2.75) is 51.6 Å². The average molecular weight is 451 g/mol. The van der Waals surface area contributed by atoms with Gasteiger partial charge >= 0.3 is 12.2 Å². The minimum atomic E-state index is -4.42. The molecule has 0 bridgehead atoms.